The molecule has 0 radical (unpaired) electrons. The molecule has 1 aromatic rings. The second-order valence-corrected chi connectivity index (χ2v) is 6.99. The number of carboxylic acid groups (broad SMARTS) is 1. The van der Waals surface area contributed by atoms with Gasteiger partial charge in [0.25, 0.3) is 0 Å². The number of sulfonamides is 1. The van der Waals surface area contributed by atoms with Gasteiger partial charge in [-0.25, -0.2) is 17.5 Å². The highest BCUT2D eigenvalue weighted by atomic mass is 32.2. The molecule has 0 aliphatic carbocycles. The molecule has 0 bridgehead atoms. The van der Waals surface area contributed by atoms with Crippen LogP contribution in [-0.4, -0.2) is 36.6 Å². The van der Waals surface area contributed by atoms with Gasteiger partial charge in [-0.2, -0.15) is 0 Å². The maximum Gasteiger partial charge on any atom is 0.328 e. The minimum Gasteiger partial charge on any atom is -0.478 e. The molecule has 0 atom stereocenters. The minimum absolute atomic E-state index is 0.0689. The Balaban J connectivity index is 2.73. The van der Waals surface area contributed by atoms with Crippen LogP contribution in [0.3, 0.4) is 0 Å². The summed E-state index contributed by atoms with van der Waals surface area (Å²) in [6.07, 6.45) is 2.55. The van der Waals surface area contributed by atoms with Gasteiger partial charge in [0.2, 0.25) is 10.0 Å². The molecule has 100 valence electrons. The summed E-state index contributed by atoms with van der Waals surface area (Å²) in [6.45, 7) is 1.90. The second-order valence-electron chi connectivity index (χ2n) is 3.69. The quantitative estimate of drug-likeness (QED) is 0.808. The van der Waals surface area contributed by atoms with Crippen molar-refractivity contribution in [3.8, 4) is 0 Å². The van der Waals surface area contributed by atoms with Gasteiger partial charge in [-0.05, 0) is 30.0 Å². The number of aliphatic carboxylic acids is 1. The van der Waals surface area contributed by atoms with E-state index >= 15 is 0 Å². The third kappa shape index (κ3) is 4.25. The number of hydrogen-bond acceptors (Lipinski definition) is 4. The van der Waals surface area contributed by atoms with E-state index in [1.807, 2.05) is 5.38 Å². The van der Waals surface area contributed by atoms with Crippen molar-refractivity contribution in [3.05, 3.63) is 28.0 Å². The van der Waals surface area contributed by atoms with Crippen LogP contribution >= 0.6 is 11.3 Å². The predicted octanol–water partition coefficient (Wildman–Crippen LogP) is 1.63. The Morgan fingerprint density at radius 2 is 2.22 bits per heavy atom. The molecule has 18 heavy (non-hydrogen) atoms. The SMILES string of the molecule is CCS(=O)(=O)N(C)Cc1csc(C=CC(=O)O)c1. The van der Waals surface area contributed by atoms with Crippen molar-refractivity contribution >= 4 is 33.4 Å². The molecule has 0 fully saturated rings. The number of carboxylic acids is 1. The third-order valence-electron chi connectivity index (χ3n) is 2.31. The van der Waals surface area contributed by atoms with Crippen molar-refractivity contribution in [2.24, 2.45) is 0 Å². The van der Waals surface area contributed by atoms with Gasteiger partial charge >= 0.3 is 5.97 Å². The molecule has 0 aliphatic rings. The summed E-state index contributed by atoms with van der Waals surface area (Å²) in [7, 11) is -1.66. The summed E-state index contributed by atoms with van der Waals surface area (Å²) in [5, 5.41) is 10.3. The number of nitrogens with zero attached hydrogens (tertiary/aromatic N) is 1. The van der Waals surface area contributed by atoms with Crippen molar-refractivity contribution < 1.29 is 18.3 Å². The molecule has 0 aromatic carbocycles. The molecule has 5 nitrogen and oxygen atoms in total. The van der Waals surface area contributed by atoms with Gasteiger partial charge in [0.05, 0.1) is 5.75 Å². The summed E-state index contributed by atoms with van der Waals surface area (Å²) in [6, 6.07) is 1.78. The van der Waals surface area contributed by atoms with Gasteiger partial charge < -0.3 is 5.11 Å². The lowest BCUT2D eigenvalue weighted by Gasteiger charge is -2.14. The molecule has 1 N–H and O–H groups in total. The van der Waals surface area contributed by atoms with Crippen LogP contribution in [0.15, 0.2) is 17.5 Å². The summed E-state index contributed by atoms with van der Waals surface area (Å²) >= 11 is 1.38. The number of thiophene rings is 1. The molecule has 1 heterocycles. The molecule has 1 rings (SSSR count). The van der Waals surface area contributed by atoms with Crippen molar-refractivity contribution in [2.75, 3.05) is 12.8 Å². The van der Waals surface area contributed by atoms with Gasteiger partial charge in [0, 0.05) is 24.5 Å². The fraction of sp³-hybridized carbons (Fsp3) is 0.364. The first-order valence-electron chi connectivity index (χ1n) is 5.27. The summed E-state index contributed by atoms with van der Waals surface area (Å²) in [5.41, 5.74) is 0.851. The Morgan fingerprint density at radius 1 is 1.56 bits per heavy atom. The van der Waals surface area contributed by atoms with Crippen LogP contribution in [0.25, 0.3) is 6.08 Å². The maximum atomic E-state index is 11.6. The molecule has 0 saturated heterocycles. The highest BCUT2D eigenvalue weighted by molar-refractivity contribution is 7.89. The lowest BCUT2D eigenvalue weighted by Crippen LogP contribution is -2.27. The molecular formula is C11H15NO4S2. The standard InChI is InChI=1S/C11H15NO4S2/c1-3-18(15,16)12(2)7-9-6-10(17-8-9)4-5-11(13)14/h4-6,8H,3,7H2,1-2H3,(H,13,14). The van der Waals surface area contributed by atoms with Gasteiger partial charge in [-0.1, -0.05) is 0 Å². The molecular weight excluding hydrogens is 274 g/mol. The largest absolute Gasteiger partial charge is 0.478 e. The lowest BCUT2D eigenvalue weighted by atomic mass is 10.3. The van der Waals surface area contributed by atoms with E-state index < -0.39 is 16.0 Å². The first-order valence-corrected chi connectivity index (χ1v) is 7.76. The van der Waals surface area contributed by atoms with Gasteiger partial charge in [0.15, 0.2) is 0 Å². The minimum atomic E-state index is -3.19. The fourth-order valence-electron chi connectivity index (χ4n) is 1.29. The number of rotatable bonds is 6. The van der Waals surface area contributed by atoms with Crippen LogP contribution in [0.2, 0.25) is 0 Å². The molecule has 0 spiro atoms. The highest BCUT2D eigenvalue weighted by Crippen LogP contribution is 2.18. The zero-order chi connectivity index (χ0) is 13.8. The summed E-state index contributed by atoms with van der Waals surface area (Å²) in [4.78, 5) is 11.1. The van der Waals surface area contributed by atoms with E-state index in [9.17, 15) is 13.2 Å². The smallest absolute Gasteiger partial charge is 0.328 e. The Bertz CT molecular complexity index is 545. The Hall–Kier alpha value is -1.18. The lowest BCUT2D eigenvalue weighted by molar-refractivity contribution is -0.131. The zero-order valence-electron chi connectivity index (χ0n) is 10.2. The number of carbonyl (C=O) groups is 1. The average Bonchev–Trinajstić information content (AvgIpc) is 2.74. The summed E-state index contributed by atoms with van der Waals surface area (Å²) < 4.78 is 24.4. The first kappa shape index (κ1) is 14.9. The van der Waals surface area contributed by atoms with Crippen molar-refractivity contribution in [1.29, 1.82) is 0 Å². The van der Waals surface area contributed by atoms with Crippen LogP contribution in [0, 0.1) is 0 Å². The van der Waals surface area contributed by atoms with E-state index in [-0.39, 0.29) is 5.75 Å². The molecule has 1 aromatic heterocycles. The molecule has 0 amide bonds. The molecule has 0 unspecified atom stereocenters. The van der Waals surface area contributed by atoms with Crippen molar-refractivity contribution in [1.82, 2.24) is 4.31 Å². The zero-order valence-corrected chi connectivity index (χ0v) is 11.8. The van der Waals surface area contributed by atoms with Crippen molar-refractivity contribution in [2.45, 2.75) is 13.5 Å². The van der Waals surface area contributed by atoms with Crippen LogP contribution in [-0.2, 0) is 21.4 Å². The monoisotopic (exact) mass is 289 g/mol. The molecule has 0 saturated carbocycles. The van der Waals surface area contributed by atoms with Crippen LogP contribution < -0.4 is 0 Å². The first-order chi connectivity index (χ1) is 8.35. The van der Waals surface area contributed by atoms with Gasteiger partial charge in [-0.3, -0.25) is 0 Å². The second kappa shape index (κ2) is 6.12. The van der Waals surface area contributed by atoms with E-state index in [0.717, 1.165) is 16.5 Å². The van der Waals surface area contributed by atoms with E-state index in [1.165, 1.54) is 28.8 Å². The van der Waals surface area contributed by atoms with E-state index in [4.69, 9.17) is 5.11 Å². The van der Waals surface area contributed by atoms with Gasteiger partial charge in [-0.15, -0.1) is 11.3 Å². The van der Waals surface area contributed by atoms with E-state index in [0.29, 0.717) is 6.54 Å². The van der Waals surface area contributed by atoms with Crippen LogP contribution in [0.5, 0.6) is 0 Å². The Morgan fingerprint density at radius 3 is 2.78 bits per heavy atom. The summed E-state index contributed by atoms with van der Waals surface area (Å²) in [5.74, 6) is -0.935. The average molecular weight is 289 g/mol. The molecule has 7 heteroatoms. The number of hydrogen-bond donors (Lipinski definition) is 1. The predicted molar refractivity (Wildman–Crippen MR) is 71.9 cm³/mol. The normalized spacial score (nSPS) is 12.4. The third-order valence-corrected chi connectivity index (χ3v) is 5.06. The maximum absolute atomic E-state index is 11.6. The fourth-order valence-corrected chi connectivity index (χ4v) is 2.88. The molecule has 0 aliphatic heterocycles. The van der Waals surface area contributed by atoms with Gasteiger partial charge in [0.1, 0.15) is 0 Å². The van der Waals surface area contributed by atoms with Crippen LogP contribution in [0.1, 0.15) is 17.4 Å². The Kier molecular flexibility index (Phi) is 5.06. The van der Waals surface area contributed by atoms with E-state index in [2.05, 4.69) is 0 Å². The Labute approximate surface area is 110 Å². The van der Waals surface area contributed by atoms with E-state index in [1.54, 1.807) is 13.0 Å². The van der Waals surface area contributed by atoms with Crippen molar-refractivity contribution in [3.63, 3.8) is 0 Å². The van der Waals surface area contributed by atoms with Crippen LogP contribution in [0.4, 0.5) is 0 Å². The highest BCUT2D eigenvalue weighted by Gasteiger charge is 2.15. The topological polar surface area (TPSA) is 74.7 Å².